The molecule has 0 spiro atoms. The Labute approximate surface area is 176 Å². The fourth-order valence-corrected chi connectivity index (χ4v) is 4.68. The van der Waals surface area contributed by atoms with Crippen LogP contribution in [0, 0.1) is 13.8 Å². The number of aryl methyl sites for hydroxylation is 2. The maximum atomic E-state index is 12.7. The van der Waals surface area contributed by atoms with Crippen molar-refractivity contribution in [3.63, 3.8) is 0 Å². The Balaban J connectivity index is 1.31. The molecule has 2 aromatic carbocycles. The molecule has 3 aromatic rings. The van der Waals surface area contributed by atoms with Gasteiger partial charge in [-0.05, 0) is 25.5 Å². The molecular weight excluding hydrogens is 380 g/mol. The van der Waals surface area contributed by atoms with Gasteiger partial charge in [-0.25, -0.2) is 9.97 Å². The van der Waals surface area contributed by atoms with Crippen molar-refractivity contribution in [2.24, 2.45) is 0 Å². The minimum Gasteiger partial charge on any atom is -0.339 e. The summed E-state index contributed by atoms with van der Waals surface area (Å²) in [5.74, 6) is 1.34. The van der Waals surface area contributed by atoms with Gasteiger partial charge in [0.2, 0.25) is 5.91 Å². The Morgan fingerprint density at radius 3 is 2.59 bits per heavy atom. The van der Waals surface area contributed by atoms with E-state index in [1.54, 1.807) is 0 Å². The molecule has 4 rings (SSSR count). The van der Waals surface area contributed by atoms with Crippen molar-refractivity contribution in [1.82, 2.24) is 19.8 Å². The largest absolute Gasteiger partial charge is 0.339 e. The minimum atomic E-state index is 0.186. The molecule has 2 heterocycles. The van der Waals surface area contributed by atoms with E-state index in [2.05, 4.69) is 46.1 Å². The van der Waals surface area contributed by atoms with Crippen LogP contribution in [0.2, 0.25) is 0 Å². The molecule has 29 heavy (non-hydrogen) atoms. The number of hydrogen-bond acceptors (Lipinski definition) is 5. The first kappa shape index (κ1) is 19.9. The predicted octanol–water partition coefficient (Wildman–Crippen LogP) is 3.68. The second-order valence-electron chi connectivity index (χ2n) is 7.53. The number of benzene rings is 2. The zero-order valence-corrected chi connectivity index (χ0v) is 17.8. The van der Waals surface area contributed by atoms with E-state index in [1.165, 1.54) is 22.9 Å². The smallest absolute Gasteiger partial charge is 0.233 e. The molecule has 0 aliphatic carbocycles. The molecule has 1 fully saturated rings. The van der Waals surface area contributed by atoms with Gasteiger partial charge in [-0.2, -0.15) is 0 Å². The lowest BCUT2D eigenvalue weighted by Gasteiger charge is -2.34. The van der Waals surface area contributed by atoms with Crippen LogP contribution in [0.3, 0.4) is 0 Å². The zero-order chi connectivity index (χ0) is 20.2. The normalized spacial score (nSPS) is 15.0. The van der Waals surface area contributed by atoms with Crippen LogP contribution in [0.1, 0.15) is 17.0 Å². The Morgan fingerprint density at radius 2 is 1.79 bits per heavy atom. The van der Waals surface area contributed by atoms with E-state index in [4.69, 9.17) is 0 Å². The fraction of sp³-hybridized carbons (Fsp3) is 0.348. The van der Waals surface area contributed by atoms with Crippen LogP contribution >= 0.6 is 11.8 Å². The van der Waals surface area contributed by atoms with Gasteiger partial charge in [0.1, 0.15) is 10.9 Å². The molecule has 0 unspecified atom stereocenters. The van der Waals surface area contributed by atoms with E-state index in [1.807, 2.05) is 36.1 Å². The Hall–Kier alpha value is -2.44. The second-order valence-corrected chi connectivity index (χ2v) is 8.49. The number of fused-ring (bicyclic) bond motifs is 1. The highest BCUT2D eigenvalue weighted by molar-refractivity contribution is 8.00. The van der Waals surface area contributed by atoms with Gasteiger partial charge in [0.05, 0.1) is 11.3 Å². The molecule has 0 bridgehead atoms. The van der Waals surface area contributed by atoms with Crippen molar-refractivity contribution in [3.8, 4) is 0 Å². The van der Waals surface area contributed by atoms with Crippen LogP contribution < -0.4 is 0 Å². The van der Waals surface area contributed by atoms with E-state index in [0.29, 0.717) is 5.75 Å². The molecular formula is C23H26N4OS. The molecule has 0 radical (unpaired) electrons. The van der Waals surface area contributed by atoms with Gasteiger partial charge in [-0.3, -0.25) is 9.69 Å². The Morgan fingerprint density at radius 1 is 1.00 bits per heavy atom. The summed E-state index contributed by atoms with van der Waals surface area (Å²) in [5.41, 5.74) is 3.56. The van der Waals surface area contributed by atoms with Crippen LogP contribution in [0.5, 0.6) is 0 Å². The molecule has 0 N–H and O–H groups in total. The first-order valence-corrected chi connectivity index (χ1v) is 11.0. The number of para-hydroxylation sites is 1. The zero-order valence-electron chi connectivity index (χ0n) is 17.0. The first-order chi connectivity index (χ1) is 14.1. The number of carbonyl (C=O) groups is 1. The van der Waals surface area contributed by atoms with Crippen LogP contribution in [-0.2, 0) is 11.3 Å². The summed E-state index contributed by atoms with van der Waals surface area (Å²) in [6.45, 7) is 8.37. The summed E-state index contributed by atoms with van der Waals surface area (Å²) in [4.78, 5) is 26.2. The van der Waals surface area contributed by atoms with Gasteiger partial charge in [-0.15, -0.1) is 0 Å². The van der Waals surface area contributed by atoms with E-state index in [9.17, 15) is 4.79 Å². The molecule has 150 valence electrons. The number of amides is 1. The average Bonchev–Trinajstić information content (AvgIpc) is 2.72. The number of aromatic nitrogens is 2. The third-order valence-electron chi connectivity index (χ3n) is 5.23. The summed E-state index contributed by atoms with van der Waals surface area (Å²) >= 11 is 1.51. The highest BCUT2D eigenvalue weighted by Crippen LogP contribution is 2.25. The number of thioether (sulfide) groups is 1. The summed E-state index contributed by atoms with van der Waals surface area (Å²) in [5, 5.41) is 1.90. The van der Waals surface area contributed by atoms with Gasteiger partial charge < -0.3 is 4.90 Å². The van der Waals surface area contributed by atoms with Crippen molar-refractivity contribution in [3.05, 3.63) is 65.5 Å². The quantitative estimate of drug-likeness (QED) is 0.478. The van der Waals surface area contributed by atoms with Crippen molar-refractivity contribution in [1.29, 1.82) is 0 Å². The van der Waals surface area contributed by atoms with Crippen molar-refractivity contribution in [2.75, 3.05) is 31.9 Å². The van der Waals surface area contributed by atoms with Gasteiger partial charge in [0.15, 0.2) is 0 Å². The van der Waals surface area contributed by atoms with Crippen molar-refractivity contribution >= 4 is 28.6 Å². The fourth-order valence-electron chi connectivity index (χ4n) is 3.71. The van der Waals surface area contributed by atoms with E-state index < -0.39 is 0 Å². The molecule has 1 saturated heterocycles. The molecule has 6 heteroatoms. The molecule has 1 aliphatic rings. The van der Waals surface area contributed by atoms with Crippen LogP contribution in [-0.4, -0.2) is 57.6 Å². The predicted molar refractivity (Wildman–Crippen MR) is 118 cm³/mol. The van der Waals surface area contributed by atoms with Crippen LogP contribution in [0.4, 0.5) is 0 Å². The maximum Gasteiger partial charge on any atom is 0.233 e. The number of nitrogens with zero attached hydrogens (tertiary/aromatic N) is 4. The molecule has 1 amide bonds. The summed E-state index contributed by atoms with van der Waals surface area (Å²) < 4.78 is 0. The monoisotopic (exact) mass is 406 g/mol. The lowest BCUT2D eigenvalue weighted by Crippen LogP contribution is -2.48. The lowest BCUT2D eigenvalue weighted by atomic mass is 10.1. The minimum absolute atomic E-state index is 0.186. The number of rotatable bonds is 5. The van der Waals surface area contributed by atoms with Gasteiger partial charge >= 0.3 is 0 Å². The van der Waals surface area contributed by atoms with Gasteiger partial charge in [0.25, 0.3) is 0 Å². The first-order valence-electron chi connectivity index (χ1n) is 10.0. The standard InChI is InChI=1S/C23H26N4OS/c1-17-6-5-7-19(14-17)15-26-10-12-27(13-11-26)22(28)16-29-23-20-8-3-4-9-21(20)24-18(2)25-23/h3-9,14H,10-13,15-16H2,1-2H3. The number of hydrogen-bond donors (Lipinski definition) is 0. The average molecular weight is 407 g/mol. The highest BCUT2D eigenvalue weighted by Gasteiger charge is 2.21. The van der Waals surface area contributed by atoms with E-state index in [0.717, 1.165) is 54.5 Å². The molecule has 1 aliphatic heterocycles. The lowest BCUT2D eigenvalue weighted by molar-refractivity contribution is -0.130. The van der Waals surface area contributed by atoms with Gasteiger partial charge in [-0.1, -0.05) is 59.8 Å². The van der Waals surface area contributed by atoms with Crippen molar-refractivity contribution in [2.45, 2.75) is 25.4 Å². The Kier molecular flexibility index (Phi) is 6.11. The van der Waals surface area contributed by atoms with Crippen LogP contribution in [0.15, 0.2) is 53.6 Å². The second kappa shape index (κ2) is 8.93. The molecule has 0 saturated carbocycles. The Bertz CT molecular complexity index is 1010. The van der Waals surface area contributed by atoms with Gasteiger partial charge in [0, 0.05) is 38.1 Å². The summed E-state index contributed by atoms with van der Waals surface area (Å²) in [7, 11) is 0. The number of piperazine rings is 1. The third kappa shape index (κ3) is 4.95. The summed E-state index contributed by atoms with van der Waals surface area (Å²) in [6.07, 6.45) is 0. The van der Waals surface area contributed by atoms with E-state index in [-0.39, 0.29) is 5.91 Å². The maximum absolute atomic E-state index is 12.7. The SMILES string of the molecule is Cc1cccc(CN2CCN(C(=O)CSc3nc(C)nc4ccccc34)CC2)c1. The highest BCUT2D eigenvalue weighted by atomic mass is 32.2. The molecule has 0 atom stereocenters. The topological polar surface area (TPSA) is 49.3 Å². The third-order valence-corrected chi connectivity index (χ3v) is 6.20. The van der Waals surface area contributed by atoms with Crippen molar-refractivity contribution < 1.29 is 4.79 Å². The number of carbonyl (C=O) groups excluding carboxylic acids is 1. The summed E-state index contributed by atoms with van der Waals surface area (Å²) in [6, 6.07) is 16.6. The van der Waals surface area contributed by atoms with Crippen LogP contribution in [0.25, 0.3) is 10.9 Å². The van der Waals surface area contributed by atoms with E-state index >= 15 is 0 Å². The molecule has 1 aromatic heterocycles. The molecule has 5 nitrogen and oxygen atoms in total.